The van der Waals surface area contributed by atoms with Gasteiger partial charge < -0.3 is 4.74 Å². The normalized spacial score (nSPS) is 11.6. The van der Waals surface area contributed by atoms with Gasteiger partial charge in [-0.1, -0.05) is 23.9 Å². The average Bonchev–Trinajstić information content (AvgIpc) is 2.54. The maximum Gasteiger partial charge on any atom is 0.175 e. The molecule has 0 bridgehead atoms. The Morgan fingerprint density at radius 2 is 1.87 bits per heavy atom. The van der Waals surface area contributed by atoms with Crippen LogP contribution >= 0.6 is 11.8 Å². The zero-order valence-electron chi connectivity index (χ0n) is 12.6. The van der Waals surface area contributed by atoms with Crippen LogP contribution in [0, 0.1) is 0 Å². The summed E-state index contributed by atoms with van der Waals surface area (Å²) >= 11 is 1.42. The molecule has 0 aliphatic heterocycles. The molecule has 0 saturated heterocycles. The van der Waals surface area contributed by atoms with Crippen LogP contribution in [-0.4, -0.2) is 31.8 Å². The fourth-order valence-corrected chi connectivity index (χ4v) is 3.76. The second-order valence-electron chi connectivity index (χ2n) is 4.88. The average molecular weight is 346 g/mol. The minimum atomic E-state index is -3.29. The molecule has 0 unspecified atom stereocenters. The van der Waals surface area contributed by atoms with Crippen LogP contribution in [0.15, 0.2) is 63.6 Å². The van der Waals surface area contributed by atoms with Crippen LogP contribution in [0.25, 0.3) is 10.9 Å². The fourth-order valence-electron chi connectivity index (χ4n) is 2.13. The molecule has 0 fully saturated rings. The molecule has 3 rings (SSSR count). The minimum absolute atomic E-state index is 0.252. The third-order valence-corrected chi connectivity index (χ3v) is 5.46. The van der Waals surface area contributed by atoms with E-state index >= 15 is 0 Å². The maximum atomic E-state index is 11.8. The summed E-state index contributed by atoms with van der Waals surface area (Å²) < 4.78 is 28.9. The summed E-state index contributed by atoms with van der Waals surface area (Å²) in [5.74, 6) is 0.739. The lowest BCUT2D eigenvalue weighted by Crippen LogP contribution is -1.97. The number of ether oxygens (including phenoxy) is 1. The van der Waals surface area contributed by atoms with Crippen molar-refractivity contribution >= 4 is 32.5 Å². The molecule has 118 valence electrons. The lowest BCUT2D eigenvalue weighted by atomic mass is 10.2. The highest BCUT2D eigenvalue weighted by molar-refractivity contribution is 7.99. The molecular formula is C16H14N2O3S2. The van der Waals surface area contributed by atoms with E-state index in [2.05, 4.69) is 9.97 Å². The first-order valence-electron chi connectivity index (χ1n) is 6.75. The highest BCUT2D eigenvalue weighted by Gasteiger charge is 2.13. The molecule has 3 aromatic rings. The van der Waals surface area contributed by atoms with Crippen molar-refractivity contribution in [2.24, 2.45) is 0 Å². The molecule has 1 heterocycles. The number of sulfone groups is 1. The summed E-state index contributed by atoms with van der Waals surface area (Å²) in [7, 11) is -1.68. The Hall–Kier alpha value is -2.12. The van der Waals surface area contributed by atoms with Gasteiger partial charge in [0, 0.05) is 11.6 Å². The van der Waals surface area contributed by atoms with Crippen molar-refractivity contribution in [2.45, 2.75) is 14.8 Å². The summed E-state index contributed by atoms with van der Waals surface area (Å²) in [4.78, 5) is 9.66. The van der Waals surface area contributed by atoms with E-state index in [0.29, 0.717) is 15.9 Å². The number of rotatable bonds is 4. The molecular weight excluding hydrogens is 332 g/mol. The van der Waals surface area contributed by atoms with E-state index in [0.717, 1.165) is 10.6 Å². The number of hydrogen-bond acceptors (Lipinski definition) is 6. The Kier molecular flexibility index (Phi) is 4.23. The highest BCUT2D eigenvalue weighted by atomic mass is 32.2. The van der Waals surface area contributed by atoms with Gasteiger partial charge in [-0.15, -0.1) is 0 Å². The van der Waals surface area contributed by atoms with E-state index < -0.39 is 9.84 Å². The molecule has 0 aliphatic carbocycles. The summed E-state index contributed by atoms with van der Waals surface area (Å²) in [5, 5.41) is 1.39. The number of fused-ring (bicyclic) bond motifs is 1. The van der Waals surface area contributed by atoms with Crippen molar-refractivity contribution in [1.82, 2.24) is 9.97 Å². The molecule has 0 aliphatic rings. The summed E-state index contributed by atoms with van der Waals surface area (Å²) in [6, 6.07) is 12.5. The third kappa shape index (κ3) is 3.30. The monoisotopic (exact) mass is 346 g/mol. The SMILES string of the molecule is COc1ccccc1Sc1ncnc2ccc(S(C)(=O)=O)cc12. The van der Waals surface area contributed by atoms with Gasteiger partial charge in [-0.05, 0) is 30.3 Å². The minimum Gasteiger partial charge on any atom is -0.496 e. The van der Waals surface area contributed by atoms with Gasteiger partial charge >= 0.3 is 0 Å². The third-order valence-electron chi connectivity index (χ3n) is 3.27. The number of nitrogens with zero attached hydrogens (tertiary/aromatic N) is 2. The Morgan fingerprint density at radius 1 is 1.09 bits per heavy atom. The smallest absolute Gasteiger partial charge is 0.175 e. The maximum absolute atomic E-state index is 11.8. The van der Waals surface area contributed by atoms with Gasteiger partial charge in [0.1, 0.15) is 17.1 Å². The van der Waals surface area contributed by atoms with E-state index in [9.17, 15) is 8.42 Å². The number of aromatic nitrogens is 2. The van der Waals surface area contributed by atoms with Gasteiger partial charge in [-0.3, -0.25) is 0 Å². The van der Waals surface area contributed by atoms with Crippen molar-refractivity contribution in [2.75, 3.05) is 13.4 Å². The molecule has 1 aromatic heterocycles. The first-order chi connectivity index (χ1) is 11.0. The van der Waals surface area contributed by atoms with Crippen molar-refractivity contribution in [3.8, 4) is 5.75 Å². The number of benzene rings is 2. The predicted octanol–water partition coefficient (Wildman–Crippen LogP) is 3.19. The van der Waals surface area contributed by atoms with Gasteiger partial charge in [0.15, 0.2) is 9.84 Å². The molecule has 0 radical (unpaired) electrons. The lowest BCUT2D eigenvalue weighted by molar-refractivity contribution is 0.405. The zero-order valence-corrected chi connectivity index (χ0v) is 14.2. The van der Waals surface area contributed by atoms with Gasteiger partial charge in [0.05, 0.1) is 22.4 Å². The highest BCUT2D eigenvalue weighted by Crippen LogP contribution is 2.36. The Bertz CT molecular complexity index is 972. The fraction of sp³-hybridized carbons (Fsp3) is 0.125. The van der Waals surface area contributed by atoms with E-state index in [1.54, 1.807) is 25.3 Å². The number of methoxy groups -OCH3 is 1. The molecule has 2 aromatic carbocycles. The standard InChI is InChI=1S/C16H14N2O3S2/c1-21-14-5-3-4-6-15(14)22-16-12-9-11(23(2,19)20)7-8-13(12)17-10-18-16/h3-10H,1-2H3. The first kappa shape index (κ1) is 15.8. The van der Waals surface area contributed by atoms with Crippen LogP contribution in [0.2, 0.25) is 0 Å². The molecule has 0 atom stereocenters. The quantitative estimate of drug-likeness (QED) is 0.676. The predicted molar refractivity (Wildman–Crippen MR) is 89.8 cm³/mol. The Morgan fingerprint density at radius 3 is 2.61 bits per heavy atom. The molecule has 0 amide bonds. The Balaban J connectivity index is 2.13. The van der Waals surface area contributed by atoms with Crippen molar-refractivity contribution < 1.29 is 13.2 Å². The van der Waals surface area contributed by atoms with Crippen molar-refractivity contribution in [3.63, 3.8) is 0 Å². The van der Waals surface area contributed by atoms with Gasteiger partial charge in [0.25, 0.3) is 0 Å². The topological polar surface area (TPSA) is 69.2 Å². The largest absolute Gasteiger partial charge is 0.496 e. The van der Waals surface area contributed by atoms with Crippen LogP contribution in [0.3, 0.4) is 0 Å². The molecule has 23 heavy (non-hydrogen) atoms. The van der Waals surface area contributed by atoms with Crippen LogP contribution < -0.4 is 4.74 Å². The summed E-state index contributed by atoms with van der Waals surface area (Å²) in [6.07, 6.45) is 2.66. The van der Waals surface area contributed by atoms with E-state index in [1.165, 1.54) is 24.3 Å². The molecule has 0 spiro atoms. The summed E-state index contributed by atoms with van der Waals surface area (Å²) in [6.45, 7) is 0. The van der Waals surface area contributed by atoms with Gasteiger partial charge in [-0.2, -0.15) is 0 Å². The van der Waals surface area contributed by atoms with Crippen LogP contribution in [-0.2, 0) is 9.84 Å². The van der Waals surface area contributed by atoms with E-state index in [4.69, 9.17) is 4.74 Å². The van der Waals surface area contributed by atoms with Crippen molar-refractivity contribution in [3.05, 3.63) is 48.8 Å². The lowest BCUT2D eigenvalue weighted by Gasteiger charge is -2.09. The number of hydrogen-bond donors (Lipinski definition) is 0. The molecule has 7 heteroatoms. The number of para-hydroxylation sites is 1. The van der Waals surface area contributed by atoms with Crippen LogP contribution in [0.4, 0.5) is 0 Å². The second-order valence-corrected chi connectivity index (χ2v) is 7.93. The van der Waals surface area contributed by atoms with Gasteiger partial charge in [0.2, 0.25) is 0 Å². The molecule has 0 N–H and O–H groups in total. The molecule has 5 nitrogen and oxygen atoms in total. The van der Waals surface area contributed by atoms with Crippen LogP contribution in [0.1, 0.15) is 0 Å². The first-order valence-corrected chi connectivity index (χ1v) is 9.45. The van der Waals surface area contributed by atoms with E-state index in [-0.39, 0.29) is 4.90 Å². The van der Waals surface area contributed by atoms with E-state index in [1.807, 2.05) is 24.3 Å². The summed E-state index contributed by atoms with van der Waals surface area (Å²) in [5.41, 5.74) is 0.699. The zero-order chi connectivity index (χ0) is 16.4. The molecule has 0 saturated carbocycles. The second kappa shape index (κ2) is 6.17. The van der Waals surface area contributed by atoms with Crippen LogP contribution in [0.5, 0.6) is 5.75 Å². The van der Waals surface area contributed by atoms with Crippen molar-refractivity contribution in [1.29, 1.82) is 0 Å². The van der Waals surface area contributed by atoms with Gasteiger partial charge in [-0.25, -0.2) is 18.4 Å². The Labute approximate surface area is 138 Å².